The highest BCUT2D eigenvalue weighted by Crippen LogP contribution is 2.35. The third-order valence-corrected chi connectivity index (χ3v) is 3.47. The Hall–Kier alpha value is -0.590. The summed E-state index contributed by atoms with van der Waals surface area (Å²) in [5, 5.41) is 12.2. The molecule has 3 heteroatoms. The minimum absolute atomic E-state index is 0.0208. The van der Waals surface area contributed by atoms with Gasteiger partial charge in [-0.05, 0) is 39.8 Å². The molecule has 0 bridgehead atoms. The molecule has 1 aliphatic carbocycles. The molecule has 0 aliphatic heterocycles. The van der Waals surface area contributed by atoms with E-state index < -0.39 is 0 Å². The quantitative estimate of drug-likeness (QED) is 0.720. The van der Waals surface area contributed by atoms with Gasteiger partial charge in [0.05, 0.1) is 12.1 Å². The van der Waals surface area contributed by atoms with Gasteiger partial charge in [-0.1, -0.05) is 6.92 Å². The Morgan fingerprint density at radius 2 is 2.14 bits per heavy atom. The zero-order chi connectivity index (χ0) is 10.6. The summed E-state index contributed by atoms with van der Waals surface area (Å²) in [5.41, 5.74) is 0.324. The Morgan fingerprint density at radius 3 is 2.43 bits per heavy atom. The predicted molar refractivity (Wildman–Crippen MR) is 58.0 cm³/mol. The molecule has 1 aliphatic rings. The van der Waals surface area contributed by atoms with Crippen LogP contribution in [0, 0.1) is 11.3 Å². The lowest BCUT2D eigenvalue weighted by molar-refractivity contribution is 0.0586. The first-order valence-corrected chi connectivity index (χ1v) is 5.45. The summed E-state index contributed by atoms with van der Waals surface area (Å²) in [7, 11) is 4.27. The lowest BCUT2D eigenvalue weighted by Gasteiger charge is -2.47. The molecule has 0 aromatic carbocycles. The van der Waals surface area contributed by atoms with Crippen molar-refractivity contribution in [1.82, 2.24) is 10.2 Å². The van der Waals surface area contributed by atoms with Crippen molar-refractivity contribution >= 4 is 0 Å². The van der Waals surface area contributed by atoms with Gasteiger partial charge in [0.25, 0.3) is 0 Å². The minimum atomic E-state index is 0.0208. The van der Waals surface area contributed by atoms with Crippen molar-refractivity contribution in [1.29, 1.82) is 5.26 Å². The average molecular weight is 195 g/mol. The zero-order valence-corrected chi connectivity index (χ0v) is 9.51. The Balaban J connectivity index is 2.39. The van der Waals surface area contributed by atoms with Crippen molar-refractivity contribution < 1.29 is 0 Å². The molecule has 0 aromatic rings. The molecule has 1 saturated carbocycles. The van der Waals surface area contributed by atoms with Crippen LogP contribution in [-0.2, 0) is 0 Å². The number of nitrogens with zero attached hydrogens (tertiary/aromatic N) is 2. The molecule has 0 radical (unpaired) electrons. The fraction of sp³-hybridized carbons (Fsp3) is 0.909. The molecule has 0 aromatic heterocycles. The van der Waals surface area contributed by atoms with Crippen molar-refractivity contribution in [3.63, 3.8) is 0 Å². The molecule has 80 valence electrons. The standard InChI is InChI=1S/C11H21N3/c1-4-10(8-12)13-9-11(14(2)3)6-5-7-11/h10,13H,4-7,9H2,1-3H3. The van der Waals surface area contributed by atoms with Crippen LogP contribution in [0.2, 0.25) is 0 Å². The van der Waals surface area contributed by atoms with E-state index in [2.05, 4.69) is 30.4 Å². The molecule has 1 N–H and O–H groups in total. The number of nitrogens with one attached hydrogen (secondary N) is 1. The van der Waals surface area contributed by atoms with Gasteiger partial charge >= 0.3 is 0 Å². The molecular formula is C11H21N3. The lowest BCUT2D eigenvalue weighted by Crippen LogP contribution is -2.57. The number of likely N-dealkylation sites (N-methyl/N-ethyl adjacent to an activating group) is 1. The molecule has 0 spiro atoms. The third-order valence-electron chi connectivity index (χ3n) is 3.47. The molecule has 1 fully saturated rings. The van der Waals surface area contributed by atoms with E-state index in [1.54, 1.807) is 0 Å². The van der Waals surface area contributed by atoms with E-state index in [0.717, 1.165) is 13.0 Å². The zero-order valence-electron chi connectivity index (χ0n) is 9.51. The van der Waals surface area contributed by atoms with Crippen LogP contribution < -0.4 is 5.32 Å². The maximum Gasteiger partial charge on any atom is 0.0950 e. The van der Waals surface area contributed by atoms with Crippen LogP contribution in [0.15, 0.2) is 0 Å². The SMILES string of the molecule is CCC(C#N)NCC1(N(C)C)CCC1. The van der Waals surface area contributed by atoms with Crippen LogP contribution in [0.1, 0.15) is 32.6 Å². The summed E-state index contributed by atoms with van der Waals surface area (Å²) < 4.78 is 0. The van der Waals surface area contributed by atoms with Gasteiger partial charge in [0.1, 0.15) is 0 Å². The monoisotopic (exact) mass is 195 g/mol. The molecule has 0 saturated heterocycles. The molecule has 0 amide bonds. The molecule has 1 unspecified atom stereocenters. The van der Waals surface area contributed by atoms with Crippen LogP contribution in [0.3, 0.4) is 0 Å². The summed E-state index contributed by atoms with van der Waals surface area (Å²) in [4.78, 5) is 2.30. The van der Waals surface area contributed by atoms with E-state index in [9.17, 15) is 0 Å². The summed E-state index contributed by atoms with van der Waals surface area (Å²) in [5.74, 6) is 0. The van der Waals surface area contributed by atoms with E-state index >= 15 is 0 Å². The number of rotatable bonds is 5. The van der Waals surface area contributed by atoms with Gasteiger partial charge in [-0.25, -0.2) is 0 Å². The van der Waals surface area contributed by atoms with Crippen molar-refractivity contribution in [2.75, 3.05) is 20.6 Å². The van der Waals surface area contributed by atoms with E-state index in [4.69, 9.17) is 5.26 Å². The maximum atomic E-state index is 8.83. The van der Waals surface area contributed by atoms with Crippen LogP contribution in [0.4, 0.5) is 0 Å². The van der Waals surface area contributed by atoms with Crippen molar-refractivity contribution in [3.05, 3.63) is 0 Å². The first kappa shape index (κ1) is 11.5. The van der Waals surface area contributed by atoms with Crippen molar-refractivity contribution in [3.8, 4) is 6.07 Å². The topological polar surface area (TPSA) is 39.1 Å². The van der Waals surface area contributed by atoms with Crippen LogP contribution in [0.25, 0.3) is 0 Å². The van der Waals surface area contributed by atoms with E-state index in [-0.39, 0.29) is 6.04 Å². The molecular weight excluding hydrogens is 174 g/mol. The van der Waals surface area contributed by atoms with Gasteiger partial charge < -0.3 is 10.2 Å². The lowest BCUT2D eigenvalue weighted by atomic mass is 9.75. The molecule has 1 atom stereocenters. The summed E-state index contributed by atoms with van der Waals surface area (Å²) >= 11 is 0. The Kier molecular flexibility index (Phi) is 3.91. The number of nitriles is 1. The third kappa shape index (κ3) is 2.26. The number of hydrogen-bond donors (Lipinski definition) is 1. The summed E-state index contributed by atoms with van der Waals surface area (Å²) in [6.07, 6.45) is 4.73. The maximum absolute atomic E-state index is 8.83. The van der Waals surface area contributed by atoms with Gasteiger partial charge in [0.15, 0.2) is 0 Å². The van der Waals surface area contributed by atoms with Gasteiger partial charge in [0.2, 0.25) is 0 Å². The summed E-state index contributed by atoms with van der Waals surface area (Å²) in [6.45, 7) is 3.00. The van der Waals surface area contributed by atoms with Crippen molar-refractivity contribution in [2.45, 2.75) is 44.2 Å². The van der Waals surface area contributed by atoms with Crippen molar-refractivity contribution in [2.24, 2.45) is 0 Å². The van der Waals surface area contributed by atoms with Crippen LogP contribution in [-0.4, -0.2) is 37.1 Å². The molecule has 14 heavy (non-hydrogen) atoms. The molecule has 3 nitrogen and oxygen atoms in total. The highest BCUT2D eigenvalue weighted by Gasteiger charge is 2.38. The van der Waals surface area contributed by atoms with E-state index in [0.29, 0.717) is 5.54 Å². The first-order valence-electron chi connectivity index (χ1n) is 5.45. The second-order valence-electron chi connectivity index (χ2n) is 4.44. The predicted octanol–water partition coefficient (Wildman–Crippen LogP) is 1.36. The smallest absolute Gasteiger partial charge is 0.0950 e. The van der Waals surface area contributed by atoms with E-state index in [1.165, 1.54) is 19.3 Å². The van der Waals surface area contributed by atoms with Crippen LogP contribution >= 0.6 is 0 Å². The summed E-state index contributed by atoms with van der Waals surface area (Å²) in [6, 6.07) is 2.30. The van der Waals surface area contributed by atoms with Gasteiger partial charge in [0, 0.05) is 12.1 Å². The highest BCUT2D eigenvalue weighted by atomic mass is 15.2. The Bertz CT molecular complexity index is 213. The van der Waals surface area contributed by atoms with Crippen LogP contribution in [0.5, 0.6) is 0 Å². The second kappa shape index (κ2) is 4.77. The second-order valence-corrected chi connectivity index (χ2v) is 4.44. The Labute approximate surface area is 87.1 Å². The molecule has 0 heterocycles. The van der Waals surface area contributed by atoms with E-state index in [1.807, 2.05) is 6.92 Å². The normalized spacial score (nSPS) is 21.4. The largest absolute Gasteiger partial charge is 0.302 e. The fourth-order valence-corrected chi connectivity index (χ4v) is 1.96. The Morgan fingerprint density at radius 1 is 1.50 bits per heavy atom. The van der Waals surface area contributed by atoms with Gasteiger partial charge in [-0.3, -0.25) is 0 Å². The first-order chi connectivity index (χ1) is 6.64. The molecule has 1 rings (SSSR count). The number of hydrogen-bond acceptors (Lipinski definition) is 3. The van der Waals surface area contributed by atoms with Gasteiger partial charge in [-0.15, -0.1) is 0 Å². The minimum Gasteiger partial charge on any atom is -0.302 e. The fourth-order valence-electron chi connectivity index (χ4n) is 1.96. The average Bonchev–Trinajstić information content (AvgIpc) is 2.09. The highest BCUT2D eigenvalue weighted by molar-refractivity contribution is 5.00. The van der Waals surface area contributed by atoms with Gasteiger partial charge in [-0.2, -0.15) is 5.26 Å².